The Labute approximate surface area is 115 Å². The largest absolute Gasteiger partial charge is 0.481 e. The van der Waals surface area contributed by atoms with Crippen molar-refractivity contribution < 1.29 is 14.7 Å². The summed E-state index contributed by atoms with van der Waals surface area (Å²) in [6.45, 7) is 6.28. The average Bonchev–Trinajstić information content (AvgIpc) is 2.88. The van der Waals surface area contributed by atoms with E-state index in [1.807, 2.05) is 20.8 Å². The van der Waals surface area contributed by atoms with Crippen LogP contribution in [0.5, 0.6) is 0 Å². The van der Waals surface area contributed by atoms with Gasteiger partial charge in [0.05, 0.1) is 6.42 Å². The minimum atomic E-state index is -0.838. The molecule has 0 aromatic heterocycles. The molecule has 1 N–H and O–H groups in total. The van der Waals surface area contributed by atoms with E-state index in [4.69, 9.17) is 5.11 Å². The fourth-order valence-electron chi connectivity index (χ4n) is 3.73. The first-order chi connectivity index (χ1) is 8.79. The zero-order chi connectivity index (χ0) is 14.2. The fourth-order valence-corrected chi connectivity index (χ4v) is 3.73. The Balaban J connectivity index is 2.05. The lowest BCUT2D eigenvalue weighted by atomic mass is 9.86. The van der Waals surface area contributed by atoms with Crippen molar-refractivity contribution in [3.8, 4) is 0 Å². The SMILES string of the molecule is CC(C)(C)N(CCC(=O)O)C(=O)C1CC2CCC1C2. The summed E-state index contributed by atoms with van der Waals surface area (Å²) in [4.78, 5) is 25.3. The van der Waals surface area contributed by atoms with Crippen LogP contribution < -0.4 is 0 Å². The van der Waals surface area contributed by atoms with Crippen molar-refractivity contribution in [3.63, 3.8) is 0 Å². The number of carboxylic acids is 1. The number of rotatable bonds is 4. The second kappa shape index (κ2) is 5.14. The smallest absolute Gasteiger partial charge is 0.305 e. The average molecular weight is 267 g/mol. The molecule has 2 aliphatic carbocycles. The molecule has 0 aliphatic heterocycles. The van der Waals surface area contributed by atoms with E-state index in [2.05, 4.69) is 0 Å². The molecule has 2 aliphatic rings. The maximum atomic E-state index is 12.7. The standard InChI is InChI=1S/C15H25NO3/c1-15(2,3)16(7-6-13(17)18)14(19)12-9-10-4-5-11(12)8-10/h10-12H,4-9H2,1-3H3,(H,17,18). The Kier molecular flexibility index (Phi) is 3.88. The summed E-state index contributed by atoms with van der Waals surface area (Å²) >= 11 is 0. The molecule has 0 spiro atoms. The molecular weight excluding hydrogens is 242 g/mol. The van der Waals surface area contributed by atoms with Crippen LogP contribution in [0.1, 0.15) is 52.9 Å². The van der Waals surface area contributed by atoms with Gasteiger partial charge in [-0.1, -0.05) is 6.42 Å². The molecule has 2 saturated carbocycles. The lowest BCUT2D eigenvalue weighted by Gasteiger charge is -2.38. The molecular formula is C15H25NO3. The first-order valence-electron chi connectivity index (χ1n) is 7.32. The number of fused-ring (bicyclic) bond motifs is 2. The molecule has 2 bridgehead atoms. The first-order valence-corrected chi connectivity index (χ1v) is 7.32. The second-order valence-corrected chi connectivity index (χ2v) is 7.09. The summed E-state index contributed by atoms with van der Waals surface area (Å²) in [5.41, 5.74) is -0.297. The molecule has 4 nitrogen and oxygen atoms in total. The van der Waals surface area contributed by atoms with E-state index in [1.165, 1.54) is 19.3 Å². The summed E-state index contributed by atoms with van der Waals surface area (Å²) < 4.78 is 0. The molecule has 2 rings (SSSR count). The van der Waals surface area contributed by atoms with Crippen LogP contribution in [0.3, 0.4) is 0 Å². The quantitative estimate of drug-likeness (QED) is 0.851. The molecule has 0 aromatic carbocycles. The van der Waals surface area contributed by atoms with Crippen LogP contribution in [0.2, 0.25) is 0 Å². The molecule has 0 saturated heterocycles. The van der Waals surface area contributed by atoms with Crippen LogP contribution in [-0.2, 0) is 9.59 Å². The van der Waals surface area contributed by atoms with Crippen molar-refractivity contribution in [2.24, 2.45) is 17.8 Å². The second-order valence-electron chi connectivity index (χ2n) is 7.09. The zero-order valence-corrected chi connectivity index (χ0v) is 12.2. The van der Waals surface area contributed by atoms with Crippen molar-refractivity contribution in [3.05, 3.63) is 0 Å². The number of nitrogens with zero attached hydrogens (tertiary/aromatic N) is 1. The molecule has 0 aromatic rings. The van der Waals surface area contributed by atoms with E-state index in [0.717, 1.165) is 12.3 Å². The van der Waals surface area contributed by atoms with Gasteiger partial charge in [-0.3, -0.25) is 9.59 Å². The van der Waals surface area contributed by atoms with E-state index in [1.54, 1.807) is 4.90 Å². The molecule has 0 heterocycles. The van der Waals surface area contributed by atoms with Crippen LogP contribution in [0.4, 0.5) is 0 Å². The number of carboxylic acid groups (broad SMARTS) is 1. The van der Waals surface area contributed by atoms with Gasteiger partial charge >= 0.3 is 5.97 Å². The Hall–Kier alpha value is -1.06. The number of aliphatic carboxylic acids is 1. The van der Waals surface area contributed by atoms with Crippen LogP contribution in [-0.4, -0.2) is 34.0 Å². The molecule has 19 heavy (non-hydrogen) atoms. The normalized spacial score (nSPS) is 29.5. The van der Waals surface area contributed by atoms with Crippen LogP contribution in [0, 0.1) is 17.8 Å². The predicted molar refractivity (Wildman–Crippen MR) is 72.7 cm³/mol. The minimum absolute atomic E-state index is 0.0316. The van der Waals surface area contributed by atoms with Crippen molar-refractivity contribution in [2.75, 3.05) is 6.54 Å². The maximum Gasteiger partial charge on any atom is 0.305 e. The number of carbonyl (C=O) groups excluding carboxylic acids is 1. The van der Waals surface area contributed by atoms with Gasteiger partial charge in [0, 0.05) is 18.0 Å². The number of carbonyl (C=O) groups is 2. The van der Waals surface area contributed by atoms with Gasteiger partial charge in [0.2, 0.25) is 5.91 Å². The highest BCUT2D eigenvalue weighted by Crippen LogP contribution is 2.49. The van der Waals surface area contributed by atoms with Crippen molar-refractivity contribution in [1.29, 1.82) is 0 Å². The number of hydrogen-bond donors (Lipinski definition) is 1. The highest BCUT2D eigenvalue weighted by atomic mass is 16.4. The lowest BCUT2D eigenvalue weighted by Crippen LogP contribution is -2.50. The number of hydrogen-bond acceptors (Lipinski definition) is 2. The van der Waals surface area contributed by atoms with Gasteiger partial charge < -0.3 is 10.0 Å². The van der Waals surface area contributed by atoms with Gasteiger partial charge in [-0.2, -0.15) is 0 Å². The van der Waals surface area contributed by atoms with E-state index >= 15 is 0 Å². The van der Waals surface area contributed by atoms with E-state index in [0.29, 0.717) is 12.5 Å². The summed E-state index contributed by atoms with van der Waals surface area (Å²) in [6, 6.07) is 0. The highest BCUT2D eigenvalue weighted by Gasteiger charge is 2.45. The van der Waals surface area contributed by atoms with Crippen LogP contribution in [0.15, 0.2) is 0 Å². The minimum Gasteiger partial charge on any atom is -0.481 e. The van der Waals surface area contributed by atoms with Gasteiger partial charge in [0.15, 0.2) is 0 Å². The molecule has 3 atom stereocenters. The van der Waals surface area contributed by atoms with Gasteiger partial charge in [-0.15, -0.1) is 0 Å². The Morgan fingerprint density at radius 2 is 1.89 bits per heavy atom. The van der Waals surface area contributed by atoms with Crippen molar-refractivity contribution in [1.82, 2.24) is 4.90 Å². The Bertz CT molecular complexity index is 372. The zero-order valence-electron chi connectivity index (χ0n) is 12.2. The molecule has 3 unspecified atom stereocenters. The van der Waals surface area contributed by atoms with Gasteiger partial charge in [0.25, 0.3) is 0 Å². The van der Waals surface area contributed by atoms with Crippen molar-refractivity contribution >= 4 is 11.9 Å². The lowest BCUT2D eigenvalue weighted by molar-refractivity contribution is -0.144. The summed E-state index contributed by atoms with van der Waals surface area (Å²) in [5, 5.41) is 8.84. The first kappa shape index (κ1) is 14.4. The van der Waals surface area contributed by atoms with Gasteiger partial charge in [-0.05, 0) is 51.9 Å². The Morgan fingerprint density at radius 1 is 1.21 bits per heavy atom. The number of amides is 1. The third kappa shape index (κ3) is 3.10. The van der Waals surface area contributed by atoms with Crippen LogP contribution in [0.25, 0.3) is 0 Å². The van der Waals surface area contributed by atoms with Gasteiger partial charge in [0.1, 0.15) is 0 Å². The molecule has 2 fully saturated rings. The van der Waals surface area contributed by atoms with Crippen molar-refractivity contribution in [2.45, 2.75) is 58.4 Å². The maximum absolute atomic E-state index is 12.7. The summed E-state index contributed by atoms with van der Waals surface area (Å²) in [7, 11) is 0. The predicted octanol–water partition coefficient (Wildman–Crippen LogP) is 2.52. The van der Waals surface area contributed by atoms with E-state index in [-0.39, 0.29) is 23.8 Å². The van der Waals surface area contributed by atoms with Gasteiger partial charge in [-0.25, -0.2) is 0 Å². The molecule has 4 heteroatoms. The molecule has 108 valence electrons. The topological polar surface area (TPSA) is 57.6 Å². The third-order valence-corrected chi connectivity index (χ3v) is 4.68. The Morgan fingerprint density at radius 3 is 2.32 bits per heavy atom. The van der Waals surface area contributed by atoms with Crippen LogP contribution >= 0.6 is 0 Å². The monoisotopic (exact) mass is 267 g/mol. The molecule has 1 amide bonds. The van der Waals surface area contributed by atoms with E-state index in [9.17, 15) is 9.59 Å². The fraction of sp³-hybridized carbons (Fsp3) is 0.867. The summed E-state index contributed by atoms with van der Waals surface area (Å²) in [6.07, 6.45) is 4.71. The summed E-state index contributed by atoms with van der Waals surface area (Å²) in [5.74, 6) is 0.773. The molecule has 0 radical (unpaired) electrons. The third-order valence-electron chi connectivity index (χ3n) is 4.68. The van der Waals surface area contributed by atoms with E-state index < -0.39 is 5.97 Å². The highest BCUT2D eigenvalue weighted by molar-refractivity contribution is 5.81.